The minimum Gasteiger partial charge on any atom is -0.332 e. The average Bonchev–Trinajstić information content (AvgIpc) is 3.32. The summed E-state index contributed by atoms with van der Waals surface area (Å²) in [6.45, 7) is 3.68. The highest BCUT2D eigenvalue weighted by molar-refractivity contribution is 8.13. The largest absolute Gasteiger partial charge is 0.332 e. The molecule has 0 saturated carbocycles. The van der Waals surface area contributed by atoms with Gasteiger partial charge in [-0.15, -0.1) is 0 Å². The number of fused-ring (bicyclic) bond motifs is 1. The number of aromatic nitrogens is 1. The van der Waals surface area contributed by atoms with Crippen molar-refractivity contribution in [2.45, 2.75) is 19.9 Å². The number of anilines is 1. The minimum absolute atomic E-state index is 0.00902. The van der Waals surface area contributed by atoms with E-state index < -0.39 is 0 Å². The van der Waals surface area contributed by atoms with Gasteiger partial charge in [-0.05, 0) is 24.1 Å². The molecule has 1 saturated heterocycles. The van der Waals surface area contributed by atoms with Crippen LogP contribution in [0.3, 0.4) is 0 Å². The van der Waals surface area contributed by atoms with Gasteiger partial charge in [0.15, 0.2) is 5.13 Å². The summed E-state index contributed by atoms with van der Waals surface area (Å²) in [4.78, 5) is 33.2. The number of thioether (sulfide) groups is 1. The predicted octanol–water partition coefficient (Wildman–Crippen LogP) is 4.70. The molecule has 0 spiro atoms. The number of thiazole rings is 1. The lowest BCUT2D eigenvalue weighted by Crippen LogP contribution is -2.34. The molecule has 0 radical (unpaired) electrons. The van der Waals surface area contributed by atoms with Gasteiger partial charge in [0, 0.05) is 25.3 Å². The van der Waals surface area contributed by atoms with Crippen LogP contribution in [-0.2, 0) is 11.3 Å². The van der Waals surface area contributed by atoms with Crippen LogP contribution in [0.5, 0.6) is 0 Å². The van der Waals surface area contributed by atoms with Crippen molar-refractivity contribution in [1.29, 1.82) is 0 Å². The zero-order chi connectivity index (χ0) is 19.5. The van der Waals surface area contributed by atoms with E-state index in [1.165, 1.54) is 23.1 Å². The number of benzene rings is 2. The van der Waals surface area contributed by atoms with E-state index in [2.05, 4.69) is 0 Å². The summed E-state index contributed by atoms with van der Waals surface area (Å²) < 4.78 is 1.08. The van der Waals surface area contributed by atoms with Crippen LogP contribution in [0.25, 0.3) is 10.2 Å². The van der Waals surface area contributed by atoms with E-state index in [1.807, 2.05) is 55.5 Å². The molecule has 28 heavy (non-hydrogen) atoms. The van der Waals surface area contributed by atoms with Gasteiger partial charge in [-0.3, -0.25) is 14.5 Å². The second-order valence-electron chi connectivity index (χ2n) is 6.73. The van der Waals surface area contributed by atoms with E-state index in [4.69, 9.17) is 4.98 Å². The maximum Gasteiger partial charge on any atom is 0.281 e. The van der Waals surface area contributed by atoms with E-state index in [9.17, 15) is 9.59 Å². The van der Waals surface area contributed by atoms with Crippen LogP contribution in [-0.4, -0.2) is 39.9 Å². The summed E-state index contributed by atoms with van der Waals surface area (Å²) in [5.74, 6) is 0.794. The van der Waals surface area contributed by atoms with E-state index >= 15 is 0 Å². The zero-order valence-electron chi connectivity index (χ0n) is 15.6. The Labute approximate surface area is 172 Å². The SMILES string of the molecule is Cc1cccc2sc(N(Cc3ccccc3)C(=O)CCN3CCSC3=O)nc12. The number of carbonyl (C=O) groups is 2. The highest BCUT2D eigenvalue weighted by Crippen LogP contribution is 2.32. The van der Waals surface area contributed by atoms with Crippen molar-refractivity contribution >= 4 is 49.6 Å². The summed E-state index contributed by atoms with van der Waals surface area (Å²) in [5, 5.41) is 0.776. The molecule has 1 aliphatic rings. The van der Waals surface area contributed by atoms with Crippen molar-refractivity contribution in [1.82, 2.24) is 9.88 Å². The Hall–Kier alpha value is -2.38. The van der Waals surface area contributed by atoms with Crippen LogP contribution in [0, 0.1) is 6.92 Å². The first kappa shape index (κ1) is 19.0. The van der Waals surface area contributed by atoms with E-state index in [0.29, 0.717) is 24.6 Å². The Morgan fingerprint density at radius 2 is 2.00 bits per heavy atom. The van der Waals surface area contributed by atoms with Crippen LogP contribution in [0.1, 0.15) is 17.5 Å². The average molecular weight is 412 g/mol. The zero-order valence-corrected chi connectivity index (χ0v) is 17.3. The summed E-state index contributed by atoms with van der Waals surface area (Å²) in [6, 6.07) is 16.0. The fraction of sp³-hybridized carbons (Fsp3) is 0.286. The summed E-state index contributed by atoms with van der Waals surface area (Å²) >= 11 is 2.86. The normalized spacial score (nSPS) is 14.0. The molecule has 0 unspecified atom stereocenters. The molecule has 7 heteroatoms. The van der Waals surface area contributed by atoms with Crippen molar-refractivity contribution in [2.24, 2.45) is 0 Å². The number of aryl methyl sites for hydroxylation is 1. The monoisotopic (exact) mass is 411 g/mol. The van der Waals surface area contributed by atoms with Crippen LogP contribution >= 0.6 is 23.1 Å². The van der Waals surface area contributed by atoms with Crippen molar-refractivity contribution in [3.63, 3.8) is 0 Å². The first-order chi connectivity index (χ1) is 13.6. The van der Waals surface area contributed by atoms with Crippen LogP contribution < -0.4 is 4.90 Å². The minimum atomic E-state index is -0.00902. The topological polar surface area (TPSA) is 53.5 Å². The molecular weight excluding hydrogens is 390 g/mol. The van der Waals surface area contributed by atoms with Crippen LogP contribution in [0.2, 0.25) is 0 Å². The number of hydrogen-bond acceptors (Lipinski definition) is 5. The van der Waals surface area contributed by atoms with Gasteiger partial charge in [0.05, 0.1) is 16.8 Å². The molecule has 0 aliphatic carbocycles. The lowest BCUT2D eigenvalue weighted by atomic mass is 10.2. The highest BCUT2D eigenvalue weighted by Gasteiger charge is 2.25. The van der Waals surface area contributed by atoms with E-state index in [0.717, 1.165) is 33.6 Å². The van der Waals surface area contributed by atoms with Crippen molar-refractivity contribution in [3.8, 4) is 0 Å². The third kappa shape index (κ3) is 4.05. The van der Waals surface area contributed by atoms with Gasteiger partial charge in [-0.2, -0.15) is 0 Å². The second kappa shape index (κ2) is 8.32. The van der Waals surface area contributed by atoms with E-state index in [-0.39, 0.29) is 11.1 Å². The number of para-hydroxylation sites is 1. The van der Waals surface area contributed by atoms with Gasteiger partial charge >= 0.3 is 0 Å². The van der Waals surface area contributed by atoms with Gasteiger partial charge in [0.25, 0.3) is 5.24 Å². The van der Waals surface area contributed by atoms with Crippen LogP contribution in [0.4, 0.5) is 9.93 Å². The summed E-state index contributed by atoms with van der Waals surface area (Å²) in [6.07, 6.45) is 0.300. The molecule has 1 fully saturated rings. The molecule has 5 nitrogen and oxygen atoms in total. The molecule has 0 bridgehead atoms. The second-order valence-corrected chi connectivity index (χ2v) is 8.79. The third-order valence-electron chi connectivity index (χ3n) is 4.77. The molecule has 2 amide bonds. The van der Waals surface area contributed by atoms with Gasteiger partial charge in [0.1, 0.15) is 0 Å². The molecule has 0 N–H and O–H groups in total. The van der Waals surface area contributed by atoms with Crippen LogP contribution in [0.15, 0.2) is 48.5 Å². The van der Waals surface area contributed by atoms with Crippen molar-refractivity contribution in [3.05, 3.63) is 59.7 Å². The molecule has 1 aliphatic heterocycles. The summed E-state index contributed by atoms with van der Waals surface area (Å²) in [7, 11) is 0. The Bertz CT molecular complexity index is 1000. The summed E-state index contributed by atoms with van der Waals surface area (Å²) in [5.41, 5.74) is 3.10. The van der Waals surface area contributed by atoms with Gasteiger partial charge < -0.3 is 4.90 Å². The molecular formula is C21H21N3O2S2. The van der Waals surface area contributed by atoms with Gasteiger partial charge in [0.2, 0.25) is 5.91 Å². The van der Waals surface area contributed by atoms with Gasteiger partial charge in [-0.1, -0.05) is 65.6 Å². The lowest BCUT2D eigenvalue weighted by molar-refractivity contribution is -0.118. The molecule has 2 aromatic carbocycles. The number of carbonyl (C=O) groups excluding carboxylic acids is 2. The maximum absolute atomic E-state index is 13.1. The first-order valence-corrected chi connectivity index (χ1v) is 11.0. The smallest absolute Gasteiger partial charge is 0.281 e. The molecule has 1 aromatic heterocycles. The number of rotatable bonds is 6. The van der Waals surface area contributed by atoms with Crippen molar-refractivity contribution < 1.29 is 9.59 Å². The highest BCUT2D eigenvalue weighted by atomic mass is 32.2. The Balaban J connectivity index is 1.59. The Kier molecular flexibility index (Phi) is 5.64. The predicted molar refractivity (Wildman–Crippen MR) is 116 cm³/mol. The molecule has 2 heterocycles. The number of amides is 2. The fourth-order valence-corrected chi connectivity index (χ4v) is 5.12. The number of nitrogens with zero attached hydrogens (tertiary/aromatic N) is 3. The van der Waals surface area contributed by atoms with E-state index in [1.54, 1.807) is 9.80 Å². The molecule has 144 valence electrons. The molecule has 0 atom stereocenters. The molecule has 4 rings (SSSR count). The quantitative estimate of drug-likeness (QED) is 0.590. The standard InChI is InChI=1S/C21H21N3O2S2/c1-15-6-5-9-17-19(15)22-20(28-17)24(14-16-7-3-2-4-8-16)18(25)10-11-23-12-13-27-21(23)26/h2-9H,10-14H2,1H3. The molecule has 3 aromatic rings. The first-order valence-electron chi connectivity index (χ1n) is 9.24. The maximum atomic E-state index is 13.1. The number of hydrogen-bond donors (Lipinski definition) is 0. The Morgan fingerprint density at radius 1 is 1.18 bits per heavy atom. The Morgan fingerprint density at radius 3 is 2.71 bits per heavy atom. The van der Waals surface area contributed by atoms with Crippen molar-refractivity contribution in [2.75, 3.05) is 23.7 Å². The van der Waals surface area contributed by atoms with Gasteiger partial charge in [-0.25, -0.2) is 4.98 Å². The lowest BCUT2D eigenvalue weighted by Gasteiger charge is -2.22. The fourth-order valence-electron chi connectivity index (χ4n) is 3.21. The third-order valence-corrected chi connectivity index (χ3v) is 6.70.